The maximum Gasteiger partial charge on any atom is 0.279 e. The lowest BCUT2D eigenvalue weighted by Gasteiger charge is -2.29. The normalized spacial score (nSPS) is 19.3. The zero-order chi connectivity index (χ0) is 25.8. The van der Waals surface area contributed by atoms with Gasteiger partial charge in [-0.05, 0) is 24.3 Å². The molecule has 10 nitrogen and oxygen atoms in total. The van der Waals surface area contributed by atoms with Crippen molar-refractivity contribution in [1.82, 2.24) is 14.9 Å². The summed E-state index contributed by atoms with van der Waals surface area (Å²) >= 11 is 1.03. The minimum Gasteiger partial charge on any atom is -0.616 e. The van der Waals surface area contributed by atoms with Crippen molar-refractivity contribution < 1.29 is 22.4 Å². The first kappa shape index (κ1) is 26.3. The van der Waals surface area contributed by atoms with Crippen molar-refractivity contribution in [3.05, 3.63) is 48.3 Å². The van der Waals surface area contributed by atoms with Crippen LogP contribution in [0.1, 0.15) is 5.69 Å². The lowest BCUT2D eigenvalue weighted by atomic mass is 10.2. The van der Waals surface area contributed by atoms with E-state index in [2.05, 4.69) is 19.6 Å². The number of anilines is 1. The van der Waals surface area contributed by atoms with Crippen LogP contribution in [0.4, 0.5) is 5.69 Å². The van der Waals surface area contributed by atoms with Crippen molar-refractivity contribution in [2.24, 2.45) is 4.99 Å². The van der Waals surface area contributed by atoms with E-state index in [1.807, 2.05) is 12.1 Å². The average Bonchev–Trinajstić information content (AvgIpc) is 3.53. The lowest BCUT2D eigenvalue weighted by molar-refractivity contribution is 0.146. The third kappa shape index (κ3) is 6.41. The molecule has 2 aliphatic rings. The topological polar surface area (TPSA) is 132 Å². The fourth-order valence-corrected chi connectivity index (χ4v) is 7.53. The fraction of sp³-hybridized carbons (Fsp3) is 0.417. The molecule has 0 bridgehead atoms. The highest BCUT2D eigenvalue weighted by Crippen LogP contribution is 2.34. The summed E-state index contributed by atoms with van der Waals surface area (Å²) in [7, 11) is -2.32. The molecular weight excluding hydrogens is 534 g/mol. The first-order chi connectivity index (χ1) is 17.9. The summed E-state index contributed by atoms with van der Waals surface area (Å²) in [6.45, 7) is 4.07. The predicted molar refractivity (Wildman–Crippen MR) is 148 cm³/mol. The van der Waals surface area contributed by atoms with Crippen molar-refractivity contribution in [3.63, 3.8) is 0 Å². The van der Waals surface area contributed by atoms with Gasteiger partial charge in [-0.3, -0.25) is 14.6 Å². The Hall–Kier alpha value is -2.29. The van der Waals surface area contributed by atoms with E-state index < -0.39 is 21.2 Å². The van der Waals surface area contributed by atoms with Gasteiger partial charge in [-0.2, -0.15) is 8.42 Å². The number of thioether (sulfide) groups is 1. The molecule has 1 unspecified atom stereocenters. The van der Waals surface area contributed by atoms with Gasteiger partial charge in [0.15, 0.2) is 5.03 Å². The molecular formula is C24H29N5O5S3. The van der Waals surface area contributed by atoms with Gasteiger partial charge in [0.1, 0.15) is 28.9 Å². The Morgan fingerprint density at radius 3 is 2.84 bits per heavy atom. The zero-order valence-corrected chi connectivity index (χ0v) is 22.8. The number of nitrogens with one attached hydrogen (secondary N) is 2. The number of sulfonamides is 1. The van der Waals surface area contributed by atoms with Crippen LogP contribution in [-0.2, 0) is 25.9 Å². The van der Waals surface area contributed by atoms with E-state index in [9.17, 15) is 13.0 Å². The third-order valence-corrected chi connectivity index (χ3v) is 9.86. The van der Waals surface area contributed by atoms with Crippen LogP contribution < -0.4 is 9.46 Å². The summed E-state index contributed by atoms with van der Waals surface area (Å²) in [4.78, 5) is 14.5. The first-order valence-electron chi connectivity index (χ1n) is 11.9. The predicted octanol–water partition coefficient (Wildman–Crippen LogP) is 2.32. The molecule has 2 aliphatic heterocycles. The van der Waals surface area contributed by atoms with Gasteiger partial charge < -0.3 is 19.0 Å². The van der Waals surface area contributed by atoms with Crippen LogP contribution in [0.2, 0.25) is 0 Å². The molecule has 13 heteroatoms. The molecule has 0 spiro atoms. The number of aliphatic imine (C=N–C) groups is 1. The monoisotopic (exact) mass is 563 g/mol. The molecule has 198 valence electrons. The molecule has 37 heavy (non-hydrogen) atoms. The van der Waals surface area contributed by atoms with Crippen molar-refractivity contribution in [2.45, 2.75) is 10.3 Å². The van der Waals surface area contributed by atoms with E-state index in [0.29, 0.717) is 42.0 Å². The summed E-state index contributed by atoms with van der Waals surface area (Å²) in [5.74, 6) is 1.99. The summed E-state index contributed by atoms with van der Waals surface area (Å²) in [5.41, 5.74) is 1.83. The number of benzene rings is 1. The van der Waals surface area contributed by atoms with Crippen molar-refractivity contribution in [1.29, 1.82) is 0 Å². The molecule has 1 fully saturated rings. The zero-order valence-electron chi connectivity index (χ0n) is 20.4. The molecule has 3 aromatic rings. The van der Waals surface area contributed by atoms with Crippen LogP contribution in [0.25, 0.3) is 10.9 Å². The van der Waals surface area contributed by atoms with Gasteiger partial charge in [-0.15, -0.1) is 0 Å². The number of ether oxygens (including phenoxy) is 2. The Balaban J connectivity index is 1.38. The van der Waals surface area contributed by atoms with Crippen LogP contribution in [0.15, 0.2) is 52.6 Å². The van der Waals surface area contributed by atoms with Gasteiger partial charge in [0.05, 0.1) is 30.0 Å². The van der Waals surface area contributed by atoms with Crippen LogP contribution >= 0.6 is 11.8 Å². The van der Waals surface area contributed by atoms with E-state index >= 15 is 0 Å². The highest BCUT2D eigenvalue weighted by atomic mass is 32.2. The van der Waals surface area contributed by atoms with Crippen molar-refractivity contribution >= 4 is 54.6 Å². The number of hydrogen-bond acceptors (Lipinski definition) is 9. The lowest BCUT2D eigenvalue weighted by Crippen LogP contribution is -2.43. The van der Waals surface area contributed by atoms with Gasteiger partial charge in [-0.25, -0.2) is 4.98 Å². The second-order valence-electron chi connectivity index (χ2n) is 8.77. The number of pyridine rings is 1. The molecule has 2 aromatic heterocycles. The van der Waals surface area contributed by atoms with Crippen molar-refractivity contribution in [3.8, 4) is 5.75 Å². The number of aromatic nitrogens is 2. The largest absolute Gasteiger partial charge is 0.616 e. The molecule has 1 atom stereocenters. The highest BCUT2D eigenvalue weighted by Gasteiger charge is 2.28. The maximum atomic E-state index is 13.0. The number of methoxy groups -OCH3 is 1. The molecule has 2 N–H and O–H groups in total. The SMILES string of the molecule is COCCOc1cc(NS(=O)(=O)c2ccccn2)c2[nH]c(C3=NCC(CN4CC[S+]([O-])CC4)S3)cc2c1. The van der Waals surface area contributed by atoms with Crippen molar-refractivity contribution in [2.75, 3.05) is 62.7 Å². The molecule has 5 rings (SSSR count). The smallest absolute Gasteiger partial charge is 0.279 e. The van der Waals surface area contributed by atoms with Crippen LogP contribution in [0.5, 0.6) is 5.75 Å². The van der Waals surface area contributed by atoms with E-state index in [1.54, 1.807) is 37.1 Å². The van der Waals surface area contributed by atoms with Gasteiger partial charge in [0, 0.05) is 49.6 Å². The second kappa shape index (κ2) is 11.6. The number of aromatic amines is 1. The number of hydrogen-bond donors (Lipinski definition) is 2. The van der Waals surface area contributed by atoms with E-state index in [1.165, 1.54) is 12.3 Å². The quantitative estimate of drug-likeness (QED) is 0.284. The van der Waals surface area contributed by atoms with Gasteiger partial charge in [0.25, 0.3) is 10.0 Å². The van der Waals surface area contributed by atoms with Gasteiger partial charge in [-0.1, -0.05) is 29.0 Å². The maximum absolute atomic E-state index is 13.0. The fourth-order valence-electron chi connectivity index (χ4n) is 4.25. The minimum atomic E-state index is -3.91. The Morgan fingerprint density at radius 1 is 1.24 bits per heavy atom. The van der Waals surface area contributed by atoms with E-state index in [-0.39, 0.29) is 5.03 Å². The molecule has 0 saturated carbocycles. The summed E-state index contributed by atoms with van der Waals surface area (Å²) < 4.78 is 51.3. The number of rotatable bonds is 10. The highest BCUT2D eigenvalue weighted by molar-refractivity contribution is 8.15. The molecule has 0 amide bonds. The first-order valence-corrected chi connectivity index (χ1v) is 15.8. The van der Waals surface area contributed by atoms with Gasteiger partial charge >= 0.3 is 0 Å². The standard InChI is InChI=1S/C24H29N5O5S3/c1-33-8-9-34-18-12-17-13-21(24-26-15-19(35-24)16-29-6-10-36(30)11-7-29)27-23(17)20(14-18)28-37(31,32)22-4-2-3-5-25-22/h2-5,12-14,19,27-28H,6-11,15-16H2,1H3. The Morgan fingerprint density at radius 2 is 2.08 bits per heavy atom. The molecule has 1 aromatic carbocycles. The molecule has 4 heterocycles. The second-order valence-corrected chi connectivity index (χ2v) is 13.4. The Kier molecular flexibility index (Phi) is 8.27. The Labute approximate surface area is 223 Å². The molecule has 0 aliphatic carbocycles. The third-order valence-electron chi connectivity index (χ3n) is 6.09. The van der Waals surface area contributed by atoms with Gasteiger partial charge in [0.2, 0.25) is 0 Å². The van der Waals surface area contributed by atoms with E-state index in [0.717, 1.165) is 47.3 Å². The number of nitrogens with zero attached hydrogens (tertiary/aromatic N) is 3. The van der Waals surface area contributed by atoms with Crippen LogP contribution in [0, 0.1) is 0 Å². The summed E-state index contributed by atoms with van der Waals surface area (Å²) in [6, 6.07) is 10.2. The number of H-pyrrole nitrogens is 1. The minimum absolute atomic E-state index is 0.0688. The van der Waals surface area contributed by atoms with Crippen LogP contribution in [-0.4, -0.2) is 96.1 Å². The average molecular weight is 564 g/mol. The Bertz CT molecular complexity index is 1360. The molecule has 1 saturated heterocycles. The molecule has 0 radical (unpaired) electrons. The van der Waals surface area contributed by atoms with E-state index in [4.69, 9.17) is 14.5 Å². The summed E-state index contributed by atoms with van der Waals surface area (Å²) in [5, 5.41) is 1.94. The van der Waals surface area contributed by atoms with Crippen LogP contribution in [0.3, 0.4) is 0 Å². The summed E-state index contributed by atoms with van der Waals surface area (Å²) in [6.07, 6.45) is 1.44. The number of fused-ring (bicyclic) bond motifs is 1.